The van der Waals surface area contributed by atoms with E-state index in [0.29, 0.717) is 0 Å². The van der Waals surface area contributed by atoms with Gasteiger partial charge < -0.3 is 0 Å². The number of benzene rings is 3. The number of fused-ring (bicyclic) bond motifs is 3. The quantitative estimate of drug-likeness (QED) is 0.132. The lowest BCUT2D eigenvalue weighted by Crippen LogP contribution is -2.68. The molecule has 2 heteroatoms. The molecule has 236 valence electrons. The molecule has 0 fully saturated rings. The molecular weight excluding hydrogens is 556 g/mol. The molecule has 46 heavy (non-hydrogen) atoms. The van der Waals surface area contributed by atoms with E-state index in [1.807, 2.05) is 0 Å². The Morgan fingerprint density at radius 1 is 0.652 bits per heavy atom. The summed E-state index contributed by atoms with van der Waals surface area (Å²) in [6, 6.07) is 36.5. The number of aromatic nitrogens is 2. The first-order chi connectivity index (χ1) is 22.3. The van der Waals surface area contributed by atoms with Gasteiger partial charge >= 0.3 is 0 Å². The predicted octanol–water partition coefficient (Wildman–Crippen LogP) is 10.5. The summed E-state index contributed by atoms with van der Waals surface area (Å²) in [4.78, 5) is 0. The van der Waals surface area contributed by atoms with Crippen LogP contribution < -0.4 is 9.13 Å². The molecule has 0 N–H and O–H groups in total. The second-order valence-electron chi connectivity index (χ2n) is 13.8. The Labute approximate surface area is 277 Å². The first-order valence-corrected chi connectivity index (χ1v) is 17.7. The van der Waals surface area contributed by atoms with E-state index in [9.17, 15) is 0 Å². The van der Waals surface area contributed by atoms with E-state index in [1.165, 1.54) is 63.2 Å². The maximum atomic E-state index is 2.63. The normalized spacial score (nSPS) is 18.7. The summed E-state index contributed by atoms with van der Waals surface area (Å²) >= 11 is 0. The van der Waals surface area contributed by atoms with Crippen LogP contribution in [-0.2, 0) is 23.9 Å². The summed E-state index contributed by atoms with van der Waals surface area (Å²) in [5, 5.41) is 0. The Kier molecular flexibility index (Phi) is 9.27. The molecule has 2 atom stereocenters. The van der Waals surface area contributed by atoms with Crippen molar-refractivity contribution >= 4 is 0 Å². The van der Waals surface area contributed by atoms with Gasteiger partial charge in [0.25, 0.3) is 0 Å². The highest BCUT2D eigenvalue weighted by Crippen LogP contribution is 2.52. The molecule has 2 unspecified atom stereocenters. The van der Waals surface area contributed by atoms with Gasteiger partial charge in [-0.05, 0) is 91.1 Å². The number of aryl methyl sites for hydroxylation is 4. The van der Waals surface area contributed by atoms with E-state index in [1.54, 1.807) is 5.56 Å². The van der Waals surface area contributed by atoms with Gasteiger partial charge in [0.15, 0.2) is 17.9 Å². The molecule has 3 heterocycles. The molecule has 0 aliphatic carbocycles. The van der Waals surface area contributed by atoms with Gasteiger partial charge in [0, 0.05) is 49.6 Å². The zero-order chi connectivity index (χ0) is 32.3. The van der Waals surface area contributed by atoms with Crippen molar-refractivity contribution in [2.24, 2.45) is 0 Å². The summed E-state index contributed by atoms with van der Waals surface area (Å²) in [6.45, 7) is 15.1. The fourth-order valence-corrected chi connectivity index (χ4v) is 8.41. The lowest BCUT2D eigenvalue weighted by molar-refractivity contribution is -0.766. The minimum Gasteiger partial charge on any atom is -0.198 e. The number of nitrogens with zero attached hydrogens (tertiary/aromatic N) is 2. The molecule has 2 nitrogen and oxygen atoms in total. The number of unbranched alkanes of at least 4 members (excludes halogenated alkanes) is 1. The molecular formula is C44H52N2+2. The van der Waals surface area contributed by atoms with Gasteiger partial charge in [-0.1, -0.05) is 81.8 Å². The van der Waals surface area contributed by atoms with Gasteiger partial charge in [-0.3, -0.25) is 0 Å². The summed E-state index contributed by atoms with van der Waals surface area (Å²) in [5.41, 5.74) is 13.6. The van der Waals surface area contributed by atoms with Crippen LogP contribution in [0.3, 0.4) is 0 Å². The Hall–Kier alpha value is -4.04. The second kappa shape index (κ2) is 13.4. The molecule has 6 rings (SSSR count). The highest BCUT2D eigenvalue weighted by molar-refractivity contribution is 5.71. The van der Waals surface area contributed by atoms with Gasteiger partial charge in [-0.25, -0.2) is 0 Å². The first-order valence-electron chi connectivity index (χ1n) is 17.7. The fourth-order valence-electron chi connectivity index (χ4n) is 8.41. The molecule has 5 aromatic rings. The number of hydrogen-bond donors (Lipinski definition) is 0. The molecule has 0 saturated heterocycles. The molecule has 3 aromatic carbocycles. The lowest BCUT2D eigenvalue weighted by atomic mass is 9.57. The summed E-state index contributed by atoms with van der Waals surface area (Å²) < 4.78 is 5.13. The largest absolute Gasteiger partial charge is 0.213 e. The molecule has 2 aromatic heterocycles. The van der Waals surface area contributed by atoms with Gasteiger partial charge in [0.2, 0.25) is 11.4 Å². The van der Waals surface area contributed by atoms with Crippen molar-refractivity contribution in [1.29, 1.82) is 0 Å². The van der Waals surface area contributed by atoms with Crippen molar-refractivity contribution in [3.8, 4) is 33.6 Å². The van der Waals surface area contributed by atoms with Crippen molar-refractivity contribution in [2.45, 2.75) is 104 Å². The number of pyridine rings is 2. The average Bonchev–Trinajstić information content (AvgIpc) is 3.09. The topological polar surface area (TPSA) is 7.76 Å². The number of hydrogen-bond acceptors (Lipinski definition) is 0. The minimum atomic E-state index is -0.0130. The van der Waals surface area contributed by atoms with Crippen molar-refractivity contribution in [2.75, 3.05) is 0 Å². The van der Waals surface area contributed by atoms with Crippen LogP contribution in [0, 0.1) is 13.8 Å². The van der Waals surface area contributed by atoms with E-state index >= 15 is 0 Å². The van der Waals surface area contributed by atoms with Gasteiger partial charge in [-0.2, -0.15) is 9.13 Å². The minimum absolute atomic E-state index is 0.0130. The molecule has 1 aliphatic heterocycles. The molecule has 0 saturated carbocycles. The standard InChI is InChI=1S/C44H52N2/c1-7-10-17-35-21-24-40-39(32-35)41-20-14-15-28-46(41)43(6,8-2)44(40,9-3)26-16-27-45-29-25-33(4)30-42(45)38-23-22-37(31-34(38)5)36-18-12-11-13-19-36/h11-15,18-25,28-32H,7-10,16-17,26-27H2,1-6H3/q+2. The SMILES string of the molecule is CCCCc1ccc2c(c1)-c1cccc[n+]1C(C)(CC)C2(CC)CCC[n+]1ccc(C)cc1-c1ccc(-c2ccccc2)cc1C. The third kappa shape index (κ3) is 5.61. The Morgan fingerprint density at radius 3 is 2.20 bits per heavy atom. The van der Waals surface area contributed by atoms with Crippen molar-refractivity contribution in [3.63, 3.8) is 0 Å². The monoisotopic (exact) mass is 608 g/mol. The Bertz CT molecular complexity index is 1820. The van der Waals surface area contributed by atoms with Crippen LogP contribution >= 0.6 is 0 Å². The number of rotatable bonds is 11. The Morgan fingerprint density at radius 2 is 1.46 bits per heavy atom. The molecule has 0 radical (unpaired) electrons. The smallest absolute Gasteiger partial charge is 0.198 e. The van der Waals surface area contributed by atoms with Crippen LogP contribution in [0.2, 0.25) is 0 Å². The summed E-state index contributed by atoms with van der Waals surface area (Å²) in [6.07, 6.45) is 12.7. The fraction of sp³-hybridized carbons (Fsp3) is 0.364. The van der Waals surface area contributed by atoms with Gasteiger partial charge in [0.05, 0.1) is 11.0 Å². The molecule has 0 bridgehead atoms. The van der Waals surface area contributed by atoms with Crippen molar-refractivity contribution < 1.29 is 9.13 Å². The van der Waals surface area contributed by atoms with Crippen LogP contribution in [0.5, 0.6) is 0 Å². The third-order valence-corrected chi connectivity index (χ3v) is 11.2. The van der Waals surface area contributed by atoms with Gasteiger partial charge in [0.1, 0.15) is 6.54 Å². The average molecular weight is 609 g/mol. The zero-order valence-corrected chi connectivity index (χ0v) is 28.9. The molecule has 0 amide bonds. The van der Waals surface area contributed by atoms with Crippen molar-refractivity contribution in [1.82, 2.24) is 0 Å². The Balaban J connectivity index is 1.35. The summed E-state index contributed by atoms with van der Waals surface area (Å²) in [5.74, 6) is 0. The maximum Gasteiger partial charge on any atom is 0.213 e. The van der Waals surface area contributed by atoms with E-state index in [4.69, 9.17) is 0 Å². The summed E-state index contributed by atoms with van der Waals surface area (Å²) in [7, 11) is 0. The van der Waals surface area contributed by atoms with Crippen LogP contribution in [0.1, 0.15) is 88.5 Å². The van der Waals surface area contributed by atoms with E-state index in [-0.39, 0.29) is 11.0 Å². The van der Waals surface area contributed by atoms with E-state index in [0.717, 1.165) is 38.6 Å². The van der Waals surface area contributed by atoms with Crippen LogP contribution in [0.15, 0.2) is 109 Å². The molecule has 1 aliphatic rings. The highest BCUT2D eigenvalue weighted by Gasteiger charge is 2.58. The zero-order valence-electron chi connectivity index (χ0n) is 28.9. The van der Waals surface area contributed by atoms with Gasteiger partial charge in [-0.15, -0.1) is 0 Å². The highest BCUT2D eigenvalue weighted by atomic mass is 15.1. The second-order valence-corrected chi connectivity index (χ2v) is 13.8. The predicted molar refractivity (Wildman–Crippen MR) is 193 cm³/mol. The van der Waals surface area contributed by atoms with E-state index < -0.39 is 0 Å². The maximum absolute atomic E-state index is 2.63. The van der Waals surface area contributed by atoms with Crippen LogP contribution in [-0.4, -0.2) is 0 Å². The lowest BCUT2D eigenvalue weighted by Gasteiger charge is -2.48. The van der Waals surface area contributed by atoms with E-state index in [2.05, 4.69) is 160 Å². The molecule has 0 spiro atoms. The van der Waals surface area contributed by atoms with Crippen LogP contribution in [0.25, 0.3) is 33.6 Å². The van der Waals surface area contributed by atoms with Crippen molar-refractivity contribution in [3.05, 3.63) is 132 Å². The van der Waals surface area contributed by atoms with Crippen LogP contribution in [0.4, 0.5) is 0 Å². The first kappa shape index (κ1) is 31.9. The third-order valence-electron chi connectivity index (χ3n) is 11.2.